The van der Waals surface area contributed by atoms with Crippen LogP contribution in [0.4, 0.5) is 0 Å². The molecule has 2 aromatic rings. The standard InChI is InChI=1S/C11H8Cl2N2/c12-5-11-14-6-9(7-15-11)8-1-3-10(13)4-2-8/h1-4,6-7H,5H2. The predicted octanol–water partition coefficient (Wildman–Crippen LogP) is 3.54. The second-order valence-electron chi connectivity index (χ2n) is 3.03. The molecule has 4 heteroatoms. The number of hydrogen-bond acceptors (Lipinski definition) is 2. The van der Waals surface area contributed by atoms with Gasteiger partial charge in [0.15, 0.2) is 0 Å². The average molecular weight is 239 g/mol. The molecule has 15 heavy (non-hydrogen) atoms. The minimum absolute atomic E-state index is 0.334. The summed E-state index contributed by atoms with van der Waals surface area (Å²) >= 11 is 11.4. The van der Waals surface area contributed by atoms with Crippen molar-refractivity contribution in [2.24, 2.45) is 0 Å². The van der Waals surface area contributed by atoms with Crippen LogP contribution in [0.3, 0.4) is 0 Å². The van der Waals surface area contributed by atoms with Crippen molar-refractivity contribution in [3.63, 3.8) is 0 Å². The summed E-state index contributed by atoms with van der Waals surface area (Å²) in [5.74, 6) is 0.968. The number of nitrogens with zero attached hydrogens (tertiary/aromatic N) is 2. The summed E-state index contributed by atoms with van der Waals surface area (Å²) in [5.41, 5.74) is 2.00. The summed E-state index contributed by atoms with van der Waals surface area (Å²) in [6.45, 7) is 0. The molecule has 0 aliphatic carbocycles. The van der Waals surface area contributed by atoms with Crippen molar-refractivity contribution in [3.05, 3.63) is 47.5 Å². The van der Waals surface area contributed by atoms with E-state index in [2.05, 4.69) is 9.97 Å². The van der Waals surface area contributed by atoms with E-state index in [4.69, 9.17) is 23.2 Å². The quantitative estimate of drug-likeness (QED) is 0.749. The van der Waals surface area contributed by atoms with Crippen LogP contribution in [-0.2, 0) is 5.88 Å². The number of aromatic nitrogens is 2. The van der Waals surface area contributed by atoms with Gasteiger partial charge in [0.25, 0.3) is 0 Å². The molecule has 0 saturated carbocycles. The van der Waals surface area contributed by atoms with Crippen molar-refractivity contribution < 1.29 is 0 Å². The Morgan fingerprint density at radius 3 is 2.07 bits per heavy atom. The molecule has 0 unspecified atom stereocenters. The highest BCUT2D eigenvalue weighted by molar-refractivity contribution is 6.30. The Hall–Kier alpha value is -1.12. The van der Waals surface area contributed by atoms with Gasteiger partial charge >= 0.3 is 0 Å². The summed E-state index contributed by atoms with van der Waals surface area (Å²) in [4.78, 5) is 8.24. The van der Waals surface area contributed by atoms with Crippen LogP contribution in [0, 0.1) is 0 Å². The summed E-state index contributed by atoms with van der Waals surface area (Å²) in [6.07, 6.45) is 3.52. The average Bonchev–Trinajstić information content (AvgIpc) is 2.30. The summed E-state index contributed by atoms with van der Waals surface area (Å²) in [5, 5.41) is 0.719. The molecule has 0 atom stereocenters. The van der Waals surface area contributed by atoms with Gasteiger partial charge in [0.05, 0.1) is 5.88 Å². The van der Waals surface area contributed by atoms with Crippen molar-refractivity contribution in [2.75, 3.05) is 0 Å². The molecule has 0 amide bonds. The Bertz CT molecular complexity index is 437. The lowest BCUT2D eigenvalue weighted by Gasteiger charge is -2.01. The Morgan fingerprint density at radius 1 is 0.933 bits per heavy atom. The molecule has 1 aromatic carbocycles. The first-order valence-electron chi connectivity index (χ1n) is 4.42. The Labute approximate surface area is 97.9 Å². The minimum Gasteiger partial charge on any atom is -0.239 e. The summed E-state index contributed by atoms with van der Waals surface area (Å²) in [7, 11) is 0. The largest absolute Gasteiger partial charge is 0.239 e. The second kappa shape index (κ2) is 4.60. The third-order valence-electron chi connectivity index (χ3n) is 2.00. The lowest BCUT2D eigenvalue weighted by Crippen LogP contribution is -1.90. The lowest BCUT2D eigenvalue weighted by atomic mass is 10.1. The van der Waals surface area contributed by atoms with Gasteiger partial charge in [-0.25, -0.2) is 9.97 Å². The molecule has 2 nitrogen and oxygen atoms in total. The molecule has 2 rings (SSSR count). The number of hydrogen-bond donors (Lipinski definition) is 0. The first-order valence-corrected chi connectivity index (χ1v) is 5.33. The maximum Gasteiger partial charge on any atom is 0.142 e. The molecule has 76 valence electrons. The molecule has 0 aliphatic heterocycles. The lowest BCUT2D eigenvalue weighted by molar-refractivity contribution is 1.03. The number of alkyl halides is 1. The van der Waals surface area contributed by atoms with Gasteiger partial charge in [-0.3, -0.25) is 0 Å². The highest BCUT2D eigenvalue weighted by Crippen LogP contribution is 2.19. The molecule has 0 aliphatic rings. The van der Waals surface area contributed by atoms with Crippen LogP contribution < -0.4 is 0 Å². The van der Waals surface area contributed by atoms with E-state index in [9.17, 15) is 0 Å². The summed E-state index contributed by atoms with van der Waals surface area (Å²) in [6, 6.07) is 7.54. The van der Waals surface area contributed by atoms with E-state index in [-0.39, 0.29) is 0 Å². The van der Waals surface area contributed by atoms with E-state index in [1.54, 1.807) is 12.4 Å². The maximum absolute atomic E-state index is 5.80. The smallest absolute Gasteiger partial charge is 0.142 e. The minimum atomic E-state index is 0.334. The predicted molar refractivity (Wildman–Crippen MR) is 62.0 cm³/mol. The highest BCUT2D eigenvalue weighted by Gasteiger charge is 1.99. The third kappa shape index (κ3) is 2.46. The normalized spacial score (nSPS) is 10.3. The molecule has 1 aromatic heterocycles. The van der Waals surface area contributed by atoms with E-state index in [0.717, 1.165) is 16.1 Å². The number of rotatable bonds is 2. The van der Waals surface area contributed by atoms with Gasteiger partial charge in [-0.15, -0.1) is 11.6 Å². The van der Waals surface area contributed by atoms with Crippen LogP contribution in [0.5, 0.6) is 0 Å². The van der Waals surface area contributed by atoms with Crippen LogP contribution in [-0.4, -0.2) is 9.97 Å². The summed E-state index contributed by atoms with van der Waals surface area (Å²) < 4.78 is 0. The molecular weight excluding hydrogens is 231 g/mol. The topological polar surface area (TPSA) is 25.8 Å². The first-order chi connectivity index (χ1) is 7.29. The molecule has 0 fully saturated rings. The molecule has 0 N–H and O–H groups in total. The zero-order chi connectivity index (χ0) is 10.7. The maximum atomic E-state index is 5.80. The van der Waals surface area contributed by atoms with Crippen molar-refractivity contribution in [2.45, 2.75) is 5.88 Å². The van der Waals surface area contributed by atoms with Crippen LogP contribution in [0.15, 0.2) is 36.7 Å². The zero-order valence-electron chi connectivity index (χ0n) is 7.82. The van der Waals surface area contributed by atoms with Crippen molar-refractivity contribution >= 4 is 23.2 Å². The monoisotopic (exact) mass is 238 g/mol. The van der Waals surface area contributed by atoms with Gasteiger partial charge in [-0.2, -0.15) is 0 Å². The Balaban J connectivity index is 2.33. The first kappa shape index (κ1) is 10.4. The van der Waals surface area contributed by atoms with E-state index < -0.39 is 0 Å². The van der Waals surface area contributed by atoms with E-state index in [1.165, 1.54) is 0 Å². The Morgan fingerprint density at radius 2 is 1.53 bits per heavy atom. The van der Waals surface area contributed by atoms with Crippen molar-refractivity contribution in [1.82, 2.24) is 9.97 Å². The second-order valence-corrected chi connectivity index (χ2v) is 3.73. The molecule has 1 heterocycles. The molecule has 0 bridgehead atoms. The molecule has 0 radical (unpaired) electrons. The van der Waals surface area contributed by atoms with Crippen molar-refractivity contribution in [1.29, 1.82) is 0 Å². The fourth-order valence-corrected chi connectivity index (χ4v) is 1.48. The highest BCUT2D eigenvalue weighted by atomic mass is 35.5. The van der Waals surface area contributed by atoms with Crippen LogP contribution in [0.1, 0.15) is 5.82 Å². The molecular formula is C11H8Cl2N2. The van der Waals surface area contributed by atoms with Crippen LogP contribution in [0.25, 0.3) is 11.1 Å². The van der Waals surface area contributed by atoms with Gasteiger partial charge in [0, 0.05) is 23.0 Å². The van der Waals surface area contributed by atoms with Gasteiger partial charge in [0.2, 0.25) is 0 Å². The van der Waals surface area contributed by atoms with Gasteiger partial charge < -0.3 is 0 Å². The SMILES string of the molecule is ClCc1ncc(-c2ccc(Cl)cc2)cn1. The van der Waals surface area contributed by atoms with Crippen molar-refractivity contribution in [3.8, 4) is 11.1 Å². The van der Waals surface area contributed by atoms with E-state index >= 15 is 0 Å². The fourth-order valence-electron chi connectivity index (χ4n) is 1.22. The fraction of sp³-hybridized carbons (Fsp3) is 0.0909. The zero-order valence-corrected chi connectivity index (χ0v) is 9.33. The number of benzene rings is 1. The van der Waals surface area contributed by atoms with E-state index in [0.29, 0.717) is 11.7 Å². The Kier molecular flexibility index (Phi) is 3.19. The van der Waals surface area contributed by atoms with E-state index in [1.807, 2.05) is 24.3 Å². The van der Waals surface area contributed by atoms with Gasteiger partial charge in [0.1, 0.15) is 5.82 Å². The number of halogens is 2. The molecule has 0 saturated heterocycles. The third-order valence-corrected chi connectivity index (χ3v) is 2.49. The molecule has 0 spiro atoms. The van der Waals surface area contributed by atoms with Crippen LogP contribution in [0.2, 0.25) is 5.02 Å². The van der Waals surface area contributed by atoms with Crippen LogP contribution >= 0.6 is 23.2 Å². The van der Waals surface area contributed by atoms with Gasteiger partial charge in [-0.05, 0) is 17.7 Å². The van der Waals surface area contributed by atoms with Gasteiger partial charge in [-0.1, -0.05) is 23.7 Å².